The van der Waals surface area contributed by atoms with Crippen LogP contribution in [0.5, 0.6) is 0 Å². The second kappa shape index (κ2) is 6.50. The molecule has 0 bridgehead atoms. The monoisotopic (exact) mass is 327 g/mol. The predicted octanol–water partition coefficient (Wildman–Crippen LogP) is 3.12. The lowest BCUT2D eigenvalue weighted by Gasteiger charge is -2.46. The van der Waals surface area contributed by atoms with Crippen molar-refractivity contribution in [3.63, 3.8) is 0 Å². The van der Waals surface area contributed by atoms with Crippen LogP contribution in [0.4, 0.5) is 4.79 Å². The first-order valence-electron chi connectivity index (χ1n) is 6.91. The highest BCUT2D eigenvalue weighted by Gasteiger charge is 2.49. The molecule has 21 heavy (non-hydrogen) atoms. The fourth-order valence-corrected chi connectivity index (χ4v) is 6.23. The van der Waals surface area contributed by atoms with Crippen molar-refractivity contribution < 1.29 is 15.0 Å². The maximum Gasteiger partial charge on any atom is 0.405 e. The molecule has 1 aliphatic rings. The van der Waals surface area contributed by atoms with Crippen molar-refractivity contribution in [1.82, 2.24) is 5.32 Å². The number of aliphatic hydroxyl groups is 1. The van der Waals surface area contributed by atoms with Crippen molar-refractivity contribution in [2.75, 3.05) is 11.5 Å². The molecule has 0 aliphatic carbocycles. The van der Waals surface area contributed by atoms with Gasteiger partial charge in [-0.2, -0.15) is 0 Å². The molecule has 0 saturated carbocycles. The Hall–Kier alpha value is -0.850. The van der Waals surface area contributed by atoms with Crippen LogP contribution in [0.3, 0.4) is 0 Å². The van der Waals surface area contributed by atoms with Gasteiger partial charge in [0.15, 0.2) is 0 Å². The molecular weight excluding hydrogens is 306 g/mol. The van der Waals surface area contributed by atoms with Crippen LogP contribution in [-0.2, 0) is 4.08 Å². The average molecular weight is 327 g/mol. The molecule has 0 spiro atoms. The summed E-state index contributed by atoms with van der Waals surface area (Å²) < 4.78 is -0.536. The molecule has 116 valence electrons. The molecule has 1 aliphatic heterocycles. The van der Waals surface area contributed by atoms with Crippen LogP contribution in [0.15, 0.2) is 30.3 Å². The third kappa shape index (κ3) is 3.49. The number of carbonyl (C=O) groups is 1. The number of benzene rings is 1. The van der Waals surface area contributed by atoms with Crippen molar-refractivity contribution in [3.8, 4) is 0 Å². The first-order valence-corrected chi connectivity index (χ1v) is 8.88. The molecule has 1 aromatic rings. The van der Waals surface area contributed by atoms with Crippen LogP contribution in [-0.4, -0.2) is 39.5 Å². The lowest BCUT2D eigenvalue weighted by Crippen LogP contribution is -2.58. The van der Waals surface area contributed by atoms with E-state index in [2.05, 4.69) is 5.32 Å². The molecule has 4 nitrogen and oxygen atoms in total. The van der Waals surface area contributed by atoms with E-state index in [1.165, 1.54) is 0 Å². The Morgan fingerprint density at radius 3 is 2.38 bits per heavy atom. The number of hydrogen-bond donors (Lipinski definition) is 3. The lowest BCUT2D eigenvalue weighted by atomic mass is 9.91. The summed E-state index contributed by atoms with van der Waals surface area (Å²) in [4.78, 5) is 11.0. The van der Waals surface area contributed by atoms with Crippen molar-refractivity contribution >= 4 is 29.6 Å². The Bertz CT molecular complexity index is 487. The molecule has 0 aromatic heterocycles. The summed E-state index contributed by atoms with van der Waals surface area (Å²) in [6, 6.07) is 9.87. The zero-order valence-electron chi connectivity index (χ0n) is 12.2. The van der Waals surface area contributed by atoms with Gasteiger partial charge in [-0.25, -0.2) is 4.79 Å². The molecule has 1 amide bonds. The van der Waals surface area contributed by atoms with E-state index in [1.54, 1.807) is 37.4 Å². The number of carboxylic acid groups (broad SMARTS) is 1. The van der Waals surface area contributed by atoms with Crippen LogP contribution < -0.4 is 5.32 Å². The van der Waals surface area contributed by atoms with E-state index >= 15 is 0 Å². The number of rotatable bonds is 4. The summed E-state index contributed by atoms with van der Waals surface area (Å²) in [5.74, 6) is 1.92. The highest BCUT2D eigenvalue weighted by molar-refractivity contribution is 8.18. The normalized spacial score (nSPS) is 19.8. The molecule has 2 rings (SSSR count). The van der Waals surface area contributed by atoms with Gasteiger partial charge in [-0.15, -0.1) is 23.5 Å². The maximum atomic E-state index is 11.0. The zero-order chi connectivity index (χ0) is 15.5. The molecule has 0 radical (unpaired) electrons. The Kier molecular flexibility index (Phi) is 5.11. The number of hydrogen-bond acceptors (Lipinski definition) is 4. The first kappa shape index (κ1) is 16.5. The fraction of sp³-hybridized carbons (Fsp3) is 0.533. The van der Waals surface area contributed by atoms with E-state index in [4.69, 9.17) is 5.11 Å². The highest BCUT2D eigenvalue weighted by atomic mass is 32.2. The summed E-state index contributed by atoms with van der Waals surface area (Å²) in [5, 5.41) is 22.5. The molecular formula is C15H21NO3S2. The summed E-state index contributed by atoms with van der Waals surface area (Å²) >= 11 is 3.41. The third-order valence-electron chi connectivity index (χ3n) is 3.57. The largest absolute Gasteiger partial charge is 0.465 e. The number of aliphatic hydroxyl groups excluding tert-OH is 1. The molecule has 1 fully saturated rings. The third-order valence-corrected chi connectivity index (χ3v) is 7.04. The maximum absolute atomic E-state index is 11.0. The van der Waals surface area contributed by atoms with Crippen molar-refractivity contribution in [1.29, 1.82) is 0 Å². The topological polar surface area (TPSA) is 69.6 Å². The minimum absolute atomic E-state index is 0.536. The van der Waals surface area contributed by atoms with Gasteiger partial charge in [-0.3, -0.25) is 0 Å². The van der Waals surface area contributed by atoms with Gasteiger partial charge >= 0.3 is 6.09 Å². The van der Waals surface area contributed by atoms with Gasteiger partial charge in [0.2, 0.25) is 0 Å². The molecule has 1 saturated heterocycles. The van der Waals surface area contributed by atoms with Crippen LogP contribution in [0.2, 0.25) is 0 Å². The lowest BCUT2D eigenvalue weighted by molar-refractivity contribution is 0.0674. The molecule has 1 atom stereocenters. The summed E-state index contributed by atoms with van der Waals surface area (Å²) in [6.45, 7) is 3.46. The molecule has 1 heterocycles. The SMILES string of the molecule is CC(C)(NC(=O)O)C(O)C1(c2ccccc2)SCCCS1. The van der Waals surface area contributed by atoms with E-state index in [0.29, 0.717) is 0 Å². The van der Waals surface area contributed by atoms with E-state index in [9.17, 15) is 9.90 Å². The van der Waals surface area contributed by atoms with Gasteiger partial charge in [0.1, 0.15) is 10.2 Å². The molecule has 1 unspecified atom stereocenters. The highest BCUT2D eigenvalue weighted by Crippen LogP contribution is 2.54. The Balaban J connectivity index is 2.38. The molecule has 6 heteroatoms. The van der Waals surface area contributed by atoms with Crippen LogP contribution in [0.25, 0.3) is 0 Å². The first-order chi connectivity index (χ1) is 9.88. The fourth-order valence-electron chi connectivity index (χ4n) is 2.52. The van der Waals surface area contributed by atoms with Crippen molar-refractivity contribution in [2.45, 2.75) is 36.0 Å². The van der Waals surface area contributed by atoms with E-state index in [-0.39, 0.29) is 0 Å². The summed E-state index contributed by atoms with van der Waals surface area (Å²) in [5.41, 5.74) is 0.103. The standard InChI is InChI=1S/C15H21NO3S2/c1-14(2,16-13(18)19)12(17)15(20-9-6-10-21-15)11-7-4-3-5-8-11/h3-5,7-8,12,16-17H,6,9-10H2,1-2H3,(H,18,19). The second-order valence-electron chi connectivity index (χ2n) is 5.64. The Morgan fingerprint density at radius 1 is 1.29 bits per heavy atom. The smallest absolute Gasteiger partial charge is 0.405 e. The second-order valence-corrected chi connectivity index (χ2v) is 8.58. The summed E-state index contributed by atoms with van der Waals surface area (Å²) in [6.07, 6.45) is -0.851. The van der Waals surface area contributed by atoms with Gasteiger partial charge in [0, 0.05) is 0 Å². The van der Waals surface area contributed by atoms with Gasteiger partial charge in [0.25, 0.3) is 0 Å². The van der Waals surface area contributed by atoms with Crippen LogP contribution >= 0.6 is 23.5 Å². The van der Waals surface area contributed by atoms with Gasteiger partial charge in [-0.1, -0.05) is 30.3 Å². The van der Waals surface area contributed by atoms with Crippen molar-refractivity contribution in [3.05, 3.63) is 35.9 Å². The minimum atomic E-state index is -1.12. The van der Waals surface area contributed by atoms with Crippen LogP contribution in [0.1, 0.15) is 25.8 Å². The van der Waals surface area contributed by atoms with E-state index in [1.807, 2.05) is 30.3 Å². The number of thioether (sulfide) groups is 2. The van der Waals surface area contributed by atoms with Gasteiger partial charge in [-0.05, 0) is 37.3 Å². The van der Waals surface area contributed by atoms with E-state index in [0.717, 1.165) is 23.5 Å². The van der Waals surface area contributed by atoms with E-state index < -0.39 is 21.8 Å². The zero-order valence-corrected chi connectivity index (χ0v) is 13.8. The Morgan fingerprint density at radius 2 is 1.86 bits per heavy atom. The average Bonchev–Trinajstić information content (AvgIpc) is 2.47. The predicted molar refractivity (Wildman–Crippen MR) is 88.9 cm³/mol. The van der Waals surface area contributed by atoms with Crippen molar-refractivity contribution in [2.24, 2.45) is 0 Å². The summed E-state index contributed by atoms with van der Waals surface area (Å²) in [7, 11) is 0. The Labute approximate surface area is 133 Å². The van der Waals surface area contributed by atoms with Gasteiger partial charge < -0.3 is 15.5 Å². The van der Waals surface area contributed by atoms with Crippen LogP contribution in [0, 0.1) is 0 Å². The van der Waals surface area contributed by atoms with Gasteiger partial charge in [0.05, 0.1) is 5.54 Å². The molecule has 1 aromatic carbocycles. The minimum Gasteiger partial charge on any atom is -0.465 e. The molecule has 3 N–H and O–H groups in total. The number of nitrogens with one attached hydrogen (secondary N) is 1. The number of amides is 1. The quantitative estimate of drug-likeness (QED) is 0.793.